The fourth-order valence-corrected chi connectivity index (χ4v) is 2.15. The van der Waals surface area contributed by atoms with Gasteiger partial charge in [-0.1, -0.05) is 0 Å². The van der Waals surface area contributed by atoms with Gasteiger partial charge in [0.25, 0.3) is 0 Å². The molecule has 0 spiro atoms. The topological polar surface area (TPSA) is 85.9 Å². The molecule has 0 heterocycles. The first-order chi connectivity index (χ1) is 12.5. The first-order valence-electron chi connectivity index (χ1n) is 8.28. The van der Waals surface area contributed by atoms with E-state index in [9.17, 15) is 9.59 Å². The van der Waals surface area contributed by atoms with Crippen LogP contribution in [-0.2, 0) is 9.47 Å². The van der Waals surface area contributed by atoms with E-state index in [0.717, 1.165) is 5.56 Å². The molecule has 0 atom stereocenters. The standard InChI is InChI=1S/C19H22N2O5/c1-4-24-18(22)20-14-6-9-16(10-7-14)26-17-11-8-15(12-13(17)3)21-19(23)25-5-2/h6-12H,4-5H2,1-3H3,(H,20,22)(H,21,23). The van der Waals surface area contributed by atoms with Gasteiger partial charge in [-0.05, 0) is 68.8 Å². The van der Waals surface area contributed by atoms with E-state index in [4.69, 9.17) is 14.2 Å². The number of hydrogen-bond donors (Lipinski definition) is 2. The molecule has 7 heteroatoms. The number of carbonyl (C=O) groups excluding carboxylic acids is 2. The monoisotopic (exact) mass is 358 g/mol. The zero-order valence-corrected chi connectivity index (χ0v) is 15.0. The third kappa shape index (κ3) is 5.70. The number of ether oxygens (including phenoxy) is 3. The predicted octanol–water partition coefficient (Wildman–Crippen LogP) is 4.92. The van der Waals surface area contributed by atoms with E-state index in [1.54, 1.807) is 56.3 Å². The van der Waals surface area contributed by atoms with Crippen molar-refractivity contribution in [2.24, 2.45) is 0 Å². The van der Waals surface area contributed by atoms with Crippen molar-refractivity contribution >= 4 is 23.6 Å². The summed E-state index contributed by atoms with van der Waals surface area (Å²) < 4.78 is 15.5. The summed E-state index contributed by atoms with van der Waals surface area (Å²) >= 11 is 0. The first-order valence-corrected chi connectivity index (χ1v) is 8.28. The van der Waals surface area contributed by atoms with Gasteiger partial charge in [-0.25, -0.2) is 9.59 Å². The van der Waals surface area contributed by atoms with Crippen molar-refractivity contribution in [1.29, 1.82) is 0 Å². The average Bonchev–Trinajstić information content (AvgIpc) is 2.59. The number of carbonyl (C=O) groups is 2. The Hall–Kier alpha value is -3.22. The molecular formula is C19H22N2O5. The Kier molecular flexibility index (Phi) is 6.84. The minimum atomic E-state index is -0.498. The molecule has 7 nitrogen and oxygen atoms in total. The van der Waals surface area contributed by atoms with Gasteiger partial charge in [0.1, 0.15) is 11.5 Å². The molecule has 2 amide bonds. The van der Waals surface area contributed by atoms with Gasteiger partial charge in [0, 0.05) is 11.4 Å². The Morgan fingerprint density at radius 1 is 0.846 bits per heavy atom. The summed E-state index contributed by atoms with van der Waals surface area (Å²) in [6, 6.07) is 12.2. The quantitative estimate of drug-likeness (QED) is 0.765. The van der Waals surface area contributed by atoms with Crippen LogP contribution in [0.3, 0.4) is 0 Å². The normalized spacial score (nSPS) is 9.96. The van der Waals surface area contributed by atoms with Crippen LogP contribution in [0.1, 0.15) is 19.4 Å². The van der Waals surface area contributed by atoms with Gasteiger partial charge in [-0.3, -0.25) is 10.6 Å². The van der Waals surface area contributed by atoms with Gasteiger partial charge in [0.05, 0.1) is 13.2 Å². The summed E-state index contributed by atoms with van der Waals surface area (Å²) in [6.45, 7) is 5.99. The van der Waals surface area contributed by atoms with Crippen LogP contribution in [0.2, 0.25) is 0 Å². The molecule has 0 saturated heterocycles. The molecule has 0 saturated carbocycles. The lowest BCUT2D eigenvalue weighted by Crippen LogP contribution is -2.13. The SMILES string of the molecule is CCOC(=O)Nc1ccc(Oc2ccc(NC(=O)OCC)cc2C)cc1. The molecule has 26 heavy (non-hydrogen) atoms. The van der Waals surface area contributed by atoms with Crippen molar-refractivity contribution in [3.05, 3.63) is 48.0 Å². The lowest BCUT2D eigenvalue weighted by atomic mass is 10.2. The van der Waals surface area contributed by atoms with Crippen molar-refractivity contribution in [1.82, 2.24) is 0 Å². The lowest BCUT2D eigenvalue weighted by Gasteiger charge is -2.12. The Labute approximate surface area is 152 Å². The van der Waals surface area contributed by atoms with Crippen LogP contribution >= 0.6 is 0 Å². The zero-order chi connectivity index (χ0) is 18.9. The smallest absolute Gasteiger partial charge is 0.411 e. The highest BCUT2D eigenvalue weighted by atomic mass is 16.6. The van der Waals surface area contributed by atoms with Crippen molar-refractivity contribution in [2.45, 2.75) is 20.8 Å². The molecule has 2 rings (SSSR count). The number of hydrogen-bond acceptors (Lipinski definition) is 5. The molecule has 138 valence electrons. The van der Waals surface area contributed by atoms with Gasteiger partial charge in [0.15, 0.2) is 0 Å². The van der Waals surface area contributed by atoms with E-state index in [-0.39, 0.29) is 0 Å². The highest BCUT2D eigenvalue weighted by Crippen LogP contribution is 2.28. The van der Waals surface area contributed by atoms with E-state index in [0.29, 0.717) is 36.1 Å². The van der Waals surface area contributed by atoms with Gasteiger partial charge >= 0.3 is 12.2 Å². The summed E-state index contributed by atoms with van der Waals surface area (Å²) in [5.74, 6) is 1.28. The number of benzene rings is 2. The van der Waals surface area contributed by atoms with E-state index in [1.165, 1.54) is 0 Å². The van der Waals surface area contributed by atoms with E-state index in [1.807, 2.05) is 6.92 Å². The van der Waals surface area contributed by atoms with Gasteiger partial charge in [-0.2, -0.15) is 0 Å². The minimum absolute atomic E-state index is 0.313. The highest BCUT2D eigenvalue weighted by Gasteiger charge is 2.07. The van der Waals surface area contributed by atoms with Gasteiger partial charge in [-0.15, -0.1) is 0 Å². The third-order valence-electron chi connectivity index (χ3n) is 3.30. The minimum Gasteiger partial charge on any atom is -0.457 e. The summed E-state index contributed by atoms with van der Waals surface area (Å²) in [6.07, 6.45) is -0.994. The lowest BCUT2D eigenvalue weighted by molar-refractivity contribution is 0.167. The van der Waals surface area contributed by atoms with Crippen LogP contribution in [0.4, 0.5) is 21.0 Å². The molecule has 0 aliphatic heterocycles. The van der Waals surface area contributed by atoms with Crippen molar-refractivity contribution in [2.75, 3.05) is 23.8 Å². The number of amides is 2. The number of rotatable bonds is 6. The Morgan fingerprint density at radius 3 is 1.92 bits per heavy atom. The largest absolute Gasteiger partial charge is 0.457 e. The van der Waals surface area contributed by atoms with Crippen molar-refractivity contribution in [3.63, 3.8) is 0 Å². The number of nitrogens with one attached hydrogen (secondary N) is 2. The maximum Gasteiger partial charge on any atom is 0.411 e. The van der Waals surface area contributed by atoms with Crippen molar-refractivity contribution in [3.8, 4) is 11.5 Å². The second-order valence-corrected chi connectivity index (χ2v) is 5.30. The third-order valence-corrected chi connectivity index (χ3v) is 3.30. The average molecular weight is 358 g/mol. The molecule has 0 fully saturated rings. The fraction of sp³-hybridized carbons (Fsp3) is 0.263. The fourth-order valence-electron chi connectivity index (χ4n) is 2.15. The molecular weight excluding hydrogens is 336 g/mol. The summed E-state index contributed by atoms with van der Waals surface area (Å²) in [5, 5.41) is 5.25. The van der Waals surface area contributed by atoms with Crippen LogP contribution in [0.25, 0.3) is 0 Å². The predicted molar refractivity (Wildman–Crippen MR) is 99.0 cm³/mol. The van der Waals surface area contributed by atoms with E-state index < -0.39 is 12.2 Å². The highest BCUT2D eigenvalue weighted by molar-refractivity contribution is 5.85. The molecule has 0 bridgehead atoms. The first kappa shape index (κ1) is 19.1. The molecule has 2 N–H and O–H groups in total. The molecule has 0 unspecified atom stereocenters. The van der Waals surface area contributed by atoms with Gasteiger partial charge < -0.3 is 14.2 Å². The second kappa shape index (κ2) is 9.31. The van der Waals surface area contributed by atoms with Crippen molar-refractivity contribution < 1.29 is 23.8 Å². The number of aryl methyl sites for hydroxylation is 1. The van der Waals surface area contributed by atoms with Crippen LogP contribution < -0.4 is 15.4 Å². The zero-order valence-electron chi connectivity index (χ0n) is 15.0. The second-order valence-electron chi connectivity index (χ2n) is 5.30. The molecule has 0 aromatic heterocycles. The maximum atomic E-state index is 11.4. The van der Waals surface area contributed by atoms with Crippen LogP contribution in [-0.4, -0.2) is 25.4 Å². The van der Waals surface area contributed by atoms with Crippen LogP contribution in [0.5, 0.6) is 11.5 Å². The Bertz CT molecular complexity index is 759. The van der Waals surface area contributed by atoms with E-state index in [2.05, 4.69) is 10.6 Å². The molecule has 0 radical (unpaired) electrons. The van der Waals surface area contributed by atoms with Crippen LogP contribution in [0.15, 0.2) is 42.5 Å². The Balaban J connectivity index is 1.99. The molecule has 2 aromatic rings. The summed E-state index contributed by atoms with van der Waals surface area (Å²) in [7, 11) is 0. The molecule has 0 aliphatic carbocycles. The number of anilines is 2. The van der Waals surface area contributed by atoms with Gasteiger partial charge in [0.2, 0.25) is 0 Å². The molecule has 2 aromatic carbocycles. The maximum absolute atomic E-state index is 11.4. The molecule has 0 aliphatic rings. The Morgan fingerprint density at radius 2 is 1.38 bits per heavy atom. The summed E-state index contributed by atoms with van der Waals surface area (Å²) in [4.78, 5) is 22.8. The summed E-state index contributed by atoms with van der Waals surface area (Å²) in [5.41, 5.74) is 2.09. The van der Waals surface area contributed by atoms with Crippen LogP contribution in [0, 0.1) is 6.92 Å². The van der Waals surface area contributed by atoms with E-state index >= 15 is 0 Å².